The highest BCUT2D eigenvalue weighted by atomic mass is 16.2. The highest BCUT2D eigenvalue weighted by Crippen LogP contribution is 1.99. The number of hydrogen-bond donors (Lipinski definition) is 2. The molecule has 0 saturated carbocycles. The summed E-state index contributed by atoms with van der Waals surface area (Å²) in [6.45, 7) is 0.162. The number of aromatic nitrogens is 2. The summed E-state index contributed by atoms with van der Waals surface area (Å²) < 4.78 is 0. The van der Waals surface area contributed by atoms with Crippen LogP contribution in [0.3, 0.4) is 0 Å². The van der Waals surface area contributed by atoms with Gasteiger partial charge in [-0.05, 0) is 18.9 Å². The van der Waals surface area contributed by atoms with E-state index < -0.39 is 0 Å². The van der Waals surface area contributed by atoms with Crippen LogP contribution < -0.4 is 0 Å². The smallest absolute Gasteiger partial charge is 0.170 e. The van der Waals surface area contributed by atoms with Crippen molar-refractivity contribution in [2.75, 3.05) is 6.61 Å². The third kappa shape index (κ3) is 2.16. The number of carbonyl (C=O) groups is 1. The summed E-state index contributed by atoms with van der Waals surface area (Å²) in [6, 6.07) is 1.68. The van der Waals surface area contributed by atoms with E-state index in [9.17, 15) is 4.79 Å². The number of aryl methyl sites for hydroxylation is 1. The summed E-state index contributed by atoms with van der Waals surface area (Å²) in [4.78, 5) is 10.2. The van der Waals surface area contributed by atoms with Gasteiger partial charge in [0.2, 0.25) is 0 Å². The Balaban J connectivity index is 2.51. The Kier molecular flexibility index (Phi) is 2.80. The van der Waals surface area contributed by atoms with Gasteiger partial charge < -0.3 is 5.11 Å². The number of rotatable bonds is 4. The number of carbonyl (C=O) groups excluding carboxylic acids is 1. The van der Waals surface area contributed by atoms with Crippen LogP contribution in [0.15, 0.2) is 6.07 Å². The third-order valence-corrected chi connectivity index (χ3v) is 1.38. The molecule has 60 valence electrons. The van der Waals surface area contributed by atoms with E-state index >= 15 is 0 Å². The molecule has 0 radical (unpaired) electrons. The number of hydrogen-bond acceptors (Lipinski definition) is 3. The molecule has 0 amide bonds. The molecule has 2 N–H and O–H groups in total. The van der Waals surface area contributed by atoms with Crippen molar-refractivity contribution in [1.29, 1.82) is 0 Å². The zero-order chi connectivity index (χ0) is 8.10. The lowest BCUT2D eigenvalue weighted by molar-refractivity contribution is 0.111. The van der Waals surface area contributed by atoms with Crippen LogP contribution in [-0.4, -0.2) is 28.2 Å². The highest BCUT2D eigenvalue weighted by molar-refractivity contribution is 5.71. The molecule has 1 aromatic heterocycles. The average molecular weight is 154 g/mol. The second-order valence-corrected chi connectivity index (χ2v) is 2.26. The fraction of sp³-hybridized carbons (Fsp3) is 0.429. The number of H-pyrrole nitrogens is 1. The predicted octanol–water partition coefficient (Wildman–Crippen LogP) is 0.147. The summed E-state index contributed by atoms with van der Waals surface area (Å²) in [5.41, 5.74) is 1.30. The number of nitrogens with zero attached hydrogens (tertiary/aromatic N) is 1. The number of nitrogens with one attached hydrogen (secondary N) is 1. The quantitative estimate of drug-likeness (QED) is 0.606. The Labute approximate surface area is 64.2 Å². The largest absolute Gasteiger partial charge is 0.396 e. The van der Waals surface area contributed by atoms with Gasteiger partial charge in [0.25, 0.3) is 0 Å². The first-order chi connectivity index (χ1) is 5.36. The molecule has 1 aromatic rings. The fourth-order valence-corrected chi connectivity index (χ4v) is 0.837. The van der Waals surface area contributed by atoms with Crippen molar-refractivity contribution in [2.24, 2.45) is 0 Å². The monoisotopic (exact) mass is 154 g/mol. The maximum absolute atomic E-state index is 10.2. The molecule has 11 heavy (non-hydrogen) atoms. The van der Waals surface area contributed by atoms with Gasteiger partial charge >= 0.3 is 0 Å². The third-order valence-electron chi connectivity index (χ3n) is 1.38. The van der Waals surface area contributed by atoms with Gasteiger partial charge in [0.1, 0.15) is 5.69 Å². The summed E-state index contributed by atoms with van der Waals surface area (Å²) in [5.74, 6) is 0. The predicted molar refractivity (Wildman–Crippen MR) is 39.4 cm³/mol. The van der Waals surface area contributed by atoms with Crippen LogP contribution >= 0.6 is 0 Å². The molecule has 0 atom stereocenters. The molecular weight excluding hydrogens is 144 g/mol. The lowest BCUT2D eigenvalue weighted by Gasteiger charge is -1.90. The molecule has 0 fully saturated rings. The Morgan fingerprint density at radius 2 is 2.55 bits per heavy atom. The van der Waals surface area contributed by atoms with Crippen LogP contribution in [0.1, 0.15) is 22.6 Å². The summed E-state index contributed by atoms with van der Waals surface area (Å²) >= 11 is 0. The normalized spacial score (nSPS) is 9.91. The topological polar surface area (TPSA) is 66.0 Å². The van der Waals surface area contributed by atoms with Gasteiger partial charge in [0, 0.05) is 12.3 Å². The first-order valence-corrected chi connectivity index (χ1v) is 3.47. The van der Waals surface area contributed by atoms with Crippen molar-refractivity contribution in [1.82, 2.24) is 10.2 Å². The van der Waals surface area contributed by atoms with Crippen molar-refractivity contribution in [2.45, 2.75) is 12.8 Å². The molecule has 0 aliphatic rings. The second kappa shape index (κ2) is 3.88. The maximum atomic E-state index is 10.2. The van der Waals surface area contributed by atoms with Crippen molar-refractivity contribution in [3.05, 3.63) is 17.5 Å². The van der Waals surface area contributed by atoms with Crippen LogP contribution in [0.2, 0.25) is 0 Å². The van der Waals surface area contributed by atoms with Crippen LogP contribution in [0, 0.1) is 0 Å². The molecule has 0 unspecified atom stereocenters. The van der Waals surface area contributed by atoms with E-state index in [4.69, 9.17) is 5.11 Å². The van der Waals surface area contributed by atoms with E-state index in [-0.39, 0.29) is 6.61 Å². The second-order valence-electron chi connectivity index (χ2n) is 2.26. The molecule has 0 saturated heterocycles. The van der Waals surface area contributed by atoms with Crippen molar-refractivity contribution in [3.63, 3.8) is 0 Å². The first-order valence-electron chi connectivity index (χ1n) is 3.47. The standard InChI is InChI=1S/C7H10N2O2/c10-3-1-2-6-4-7(5-11)9-8-6/h4-5,10H,1-3H2,(H,8,9). The lowest BCUT2D eigenvalue weighted by atomic mass is 10.2. The van der Waals surface area contributed by atoms with Gasteiger partial charge in [0.15, 0.2) is 6.29 Å². The molecule has 4 nitrogen and oxygen atoms in total. The number of aromatic amines is 1. The lowest BCUT2D eigenvalue weighted by Crippen LogP contribution is -1.88. The number of aliphatic hydroxyl groups excluding tert-OH is 1. The van der Waals surface area contributed by atoms with Crippen LogP contribution in [0.4, 0.5) is 0 Å². The van der Waals surface area contributed by atoms with E-state index in [2.05, 4.69) is 10.2 Å². The molecular formula is C7H10N2O2. The van der Waals surface area contributed by atoms with Gasteiger partial charge in [0.05, 0.1) is 0 Å². The Hall–Kier alpha value is -1.16. The summed E-state index contributed by atoms with van der Waals surface area (Å²) in [6.07, 6.45) is 2.12. The minimum atomic E-state index is 0.162. The molecule has 0 aliphatic heterocycles. The number of aliphatic hydroxyl groups is 1. The van der Waals surface area contributed by atoms with Crippen molar-refractivity contribution < 1.29 is 9.90 Å². The minimum absolute atomic E-state index is 0.162. The molecule has 0 bridgehead atoms. The molecule has 4 heteroatoms. The van der Waals surface area contributed by atoms with Gasteiger partial charge in [-0.2, -0.15) is 5.10 Å². The molecule has 1 heterocycles. The van der Waals surface area contributed by atoms with Crippen LogP contribution in [-0.2, 0) is 6.42 Å². The van der Waals surface area contributed by atoms with E-state index in [1.165, 1.54) is 0 Å². The molecule has 1 rings (SSSR count). The Morgan fingerprint density at radius 3 is 3.09 bits per heavy atom. The van der Waals surface area contributed by atoms with E-state index in [0.717, 1.165) is 12.1 Å². The highest BCUT2D eigenvalue weighted by Gasteiger charge is 1.97. The van der Waals surface area contributed by atoms with E-state index in [1.54, 1.807) is 6.07 Å². The molecule has 0 aliphatic carbocycles. The van der Waals surface area contributed by atoms with Gasteiger partial charge in [-0.3, -0.25) is 9.89 Å². The van der Waals surface area contributed by atoms with Gasteiger partial charge in [-0.15, -0.1) is 0 Å². The van der Waals surface area contributed by atoms with E-state index in [0.29, 0.717) is 18.4 Å². The fourth-order valence-electron chi connectivity index (χ4n) is 0.837. The zero-order valence-corrected chi connectivity index (χ0v) is 6.08. The summed E-state index contributed by atoms with van der Waals surface area (Å²) in [7, 11) is 0. The van der Waals surface area contributed by atoms with Gasteiger partial charge in [-0.25, -0.2) is 0 Å². The SMILES string of the molecule is O=Cc1cc(CCCO)[nH]n1. The zero-order valence-electron chi connectivity index (χ0n) is 6.08. The first kappa shape index (κ1) is 7.94. The van der Waals surface area contributed by atoms with Crippen molar-refractivity contribution in [3.8, 4) is 0 Å². The number of aldehydes is 1. The molecule has 0 aromatic carbocycles. The van der Waals surface area contributed by atoms with Crippen LogP contribution in [0.25, 0.3) is 0 Å². The minimum Gasteiger partial charge on any atom is -0.396 e. The van der Waals surface area contributed by atoms with Gasteiger partial charge in [-0.1, -0.05) is 0 Å². The van der Waals surface area contributed by atoms with E-state index in [1.807, 2.05) is 0 Å². The van der Waals surface area contributed by atoms with Crippen molar-refractivity contribution >= 4 is 6.29 Å². The summed E-state index contributed by atoms with van der Waals surface area (Å²) in [5, 5.41) is 14.9. The maximum Gasteiger partial charge on any atom is 0.170 e. The van der Waals surface area contributed by atoms with Crippen LogP contribution in [0.5, 0.6) is 0 Å². The molecule has 0 spiro atoms. The Bertz CT molecular complexity index is 232. The average Bonchev–Trinajstić information content (AvgIpc) is 2.48. The Morgan fingerprint density at radius 1 is 1.73 bits per heavy atom.